The summed E-state index contributed by atoms with van der Waals surface area (Å²) in [5.74, 6) is 2.45. The number of methoxy groups -OCH3 is 2. The molecule has 3 heterocycles. The van der Waals surface area contributed by atoms with Gasteiger partial charge in [0.1, 0.15) is 0 Å². The van der Waals surface area contributed by atoms with Crippen LogP contribution in [-0.2, 0) is 4.79 Å². The van der Waals surface area contributed by atoms with Crippen molar-refractivity contribution in [3.8, 4) is 22.6 Å². The maximum atomic E-state index is 11.7. The molecule has 3 aromatic rings. The fourth-order valence-corrected chi connectivity index (χ4v) is 3.82. The maximum Gasteiger partial charge on any atom is 0.219 e. The van der Waals surface area contributed by atoms with Gasteiger partial charge >= 0.3 is 0 Å². The second kappa shape index (κ2) is 7.50. The number of benzene rings is 1. The average Bonchev–Trinajstić information content (AvgIpc) is 3.16. The molecule has 7 heteroatoms. The molecule has 1 aliphatic rings. The number of fused-ring (bicyclic) bond motifs is 1. The molecule has 7 nitrogen and oxygen atoms in total. The summed E-state index contributed by atoms with van der Waals surface area (Å²) in [5, 5.41) is 4.71. The van der Waals surface area contributed by atoms with E-state index in [4.69, 9.17) is 19.6 Å². The number of carbonyl (C=O) groups excluding carboxylic acids is 1. The van der Waals surface area contributed by atoms with Crippen molar-refractivity contribution in [2.24, 2.45) is 0 Å². The summed E-state index contributed by atoms with van der Waals surface area (Å²) < 4.78 is 12.8. The normalized spacial score (nSPS) is 17.0. The molecule has 0 unspecified atom stereocenters. The van der Waals surface area contributed by atoms with Crippen LogP contribution in [0.2, 0.25) is 0 Å². The number of carbonyl (C=O) groups is 1. The Kier molecular flexibility index (Phi) is 4.90. The fraction of sp³-hybridized carbons (Fsp3) is 0.381. The van der Waals surface area contributed by atoms with E-state index in [-0.39, 0.29) is 11.8 Å². The van der Waals surface area contributed by atoms with Crippen molar-refractivity contribution >= 4 is 11.6 Å². The molecule has 4 rings (SSSR count). The Bertz CT molecular complexity index is 1010. The van der Waals surface area contributed by atoms with Crippen LogP contribution in [0.25, 0.3) is 16.8 Å². The van der Waals surface area contributed by atoms with Crippen LogP contribution in [0, 0.1) is 0 Å². The van der Waals surface area contributed by atoms with Gasteiger partial charge in [0.2, 0.25) is 5.91 Å². The number of aromatic nitrogens is 3. The number of nitrogens with zero attached hydrogens (tertiary/aromatic N) is 4. The highest BCUT2D eigenvalue weighted by atomic mass is 16.5. The number of likely N-dealkylation sites (tertiary alicyclic amines) is 1. The van der Waals surface area contributed by atoms with E-state index >= 15 is 0 Å². The van der Waals surface area contributed by atoms with Crippen molar-refractivity contribution in [3.05, 3.63) is 42.4 Å². The summed E-state index contributed by atoms with van der Waals surface area (Å²) in [6.07, 6.45) is 3.93. The van der Waals surface area contributed by atoms with Gasteiger partial charge in [-0.2, -0.15) is 5.10 Å². The molecule has 0 aliphatic carbocycles. The number of rotatable bonds is 4. The third-order valence-electron chi connectivity index (χ3n) is 5.29. The summed E-state index contributed by atoms with van der Waals surface area (Å²) in [5.41, 5.74) is 2.69. The van der Waals surface area contributed by atoms with Crippen LogP contribution < -0.4 is 9.47 Å². The maximum absolute atomic E-state index is 11.7. The zero-order valence-electron chi connectivity index (χ0n) is 16.4. The second-order valence-corrected chi connectivity index (χ2v) is 7.04. The number of para-hydroxylation sites is 1. The molecule has 0 saturated carbocycles. The number of piperidine rings is 1. The number of amides is 1. The summed E-state index contributed by atoms with van der Waals surface area (Å²) in [4.78, 5) is 18.3. The summed E-state index contributed by atoms with van der Waals surface area (Å²) in [7, 11) is 3.26. The van der Waals surface area contributed by atoms with Gasteiger partial charge in [0.15, 0.2) is 23.0 Å². The predicted octanol–water partition coefficient (Wildman–Crippen LogP) is 3.14. The van der Waals surface area contributed by atoms with Gasteiger partial charge in [0.25, 0.3) is 0 Å². The molecule has 0 radical (unpaired) electrons. The second-order valence-electron chi connectivity index (χ2n) is 7.04. The van der Waals surface area contributed by atoms with Crippen molar-refractivity contribution in [1.29, 1.82) is 0 Å². The van der Waals surface area contributed by atoms with Gasteiger partial charge in [-0.25, -0.2) is 9.50 Å². The van der Waals surface area contributed by atoms with E-state index in [1.165, 1.54) is 0 Å². The number of pyridine rings is 1. The molecule has 1 aliphatic heterocycles. The standard InChI is InChI=1S/C21H24N4O3/c1-14(26)24-11-5-6-16(12-24)21-22-19-10-9-15(13-25(19)23-21)17-7-4-8-18(27-2)20(17)28-3/h4,7-10,13,16H,5-6,11-12H2,1-3H3/t16-/m1/s1. The summed E-state index contributed by atoms with van der Waals surface area (Å²) >= 11 is 0. The van der Waals surface area contributed by atoms with Gasteiger partial charge in [-0.3, -0.25) is 4.79 Å². The van der Waals surface area contributed by atoms with E-state index in [1.54, 1.807) is 25.7 Å². The van der Waals surface area contributed by atoms with E-state index in [9.17, 15) is 4.79 Å². The quantitative estimate of drug-likeness (QED) is 0.696. The molecule has 0 bridgehead atoms. The first-order valence-corrected chi connectivity index (χ1v) is 9.44. The highest BCUT2D eigenvalue weighted by molar-refractivity contribution is 5.74. The van der Waals surface area contributed by atoms with Crippen molar-refractivity contribution in [2.45, 2.75) is 25.7 Å². The van der Waals surface area contributed by atoms with Gasteiger partial charge in [0, 0.05) is 43.3 Å². The van der Waals surface area contributed by atoms with Crippen LogP contribution in [0.3, 0.4) is 0 Å². The lowest BCUT2D eigenvalue weighted by atomic mass is 9.97. The predicted molar refractivity (Wildman–Crippen MR) is 106 cm³/mol. The lowest BCUT2D eigenvalue weighted by molar-refractivity contribution is -0.130. The topological polar surface area (TPSA) is 69.0 Å². The van der Waals surface area contributed by atoms with E-state index in [0.29, 0.717) is 18.0 Å². The Morgan fingerprint density at radius 2 is 2.04 bits per heavy atom. The van der Waals surface area contributed by atoms with Gasteiger partial charge in [-0.15, -0.1) is 0 Å². The monoisotopic (exact) mass is 380 g/mol. The molecule has 0 spiro atoms. The van der Waals surface area contributed by atoms with Crippen molar-refractivity contribution in [3.63, 3.8) is 0 Å². The Morgan fingerprint density at radius 3 is 2.79 bits per heavy atom. The van der Waals surface area contributed by atoms with Crippen molar-refractivity contribution in [1.82, 2.24) is 19.5 Å². The van der Waals surface area contributed by atoms with Crippen LogP contribution >= 0.6 is 0 Å². The molecular weight excluding hydrogens is 356 g/mol. The first-order valence-electron chi connectivity index (χ1n) is 9.44. The third-order valence-corrected chi connectivity index (χ3v) is 5.29. The summed E-state index contributed by atoms with van der Waals surface area (Å²) in [6.45, 7) is 3.12. The van der Waals surface area contributed by atoms with E-state index in [1.807, 2.05) is 41.4 Å². The van der Waals surface area contributed by atoms with Crippen LogP contribution in [0.1, 0.15) is 31.5 Å². The fourth-order valence-electron chi connectivity index (χ4n) is 3.82. The highest BCUT2D eigenvalue weighted by Crippen LogP contribution is 2.37. The van der Waals surface area contributed by atoms with Crippen molar-refractivity contribution < 1.29 is 14.3 Å². The Labute approximate surface area is 163 Å². The molecule has 1 atom stereocenters. The number of hydrogen-bond donors (Lipinski definition) is 0. The Balaban J connectivity index is 1.69. The molecule has 1 amide bonds. The zero-order valence-corrected chi connectivity index (χ0v) is 16.4. The molecule has 28 heavy (non-hydrogen) atoms. The first kappa shape index (κ1) is 18.3. The van der Waals surface area contributed by atoms with Gasteiger partial charge in [-0.05, 0) is 31.0 Å². The molecular formula is C21H24N4O3. The minimum absolute atomic E-state index is 0.112. The molecule has 2 aromatic heterocycles. The lowest BCUT2D eigenvalue weighted by Gasteiger charge is -2.30. The number of hydrogen-bond acceptors (Lipinski definition) is 5. The van der Waals surface area contributed by atoms with E-state index < -0.39 is 0 Å². The first-order chi connectivity index (χ1) is 13.6. The summed E-state index contributed by atoms with van der Waals surface area (Å²) in [6, 6.07) is 9.76. The van der Waals surface area contributed by atoms with Crippen LogP contribution in [0.15, 0.2) is 36.5 Å². The average molecular weight is 380 g/mol. The van der Waals surface area contributed by atoms with Gasteiger partial charge in [0.05, 0.1) is 14.2 Å². The molecule has 1 saturated heterocycles. The largest absolute Gasteiger partial charge is 0.493 e. The van der Waals surface area contributed by atoms with Crippen LogP contribution in [0.5, 0.6) is 11.5 Å². The molecule has 146 valence electrons. The third kappa shape index (κ3) is 3.28. The minimum atomic E-state index is 0.112. The van der Waals surface area contributed by atoms with E-state index in [0.717, 1.165) is 42.0 Å². The SMILES string of the molecule is COc1cccc(-c2ccc3nc([C@@H]4CCCN(C(C)=O)C4)nn3c2)c1OC. The van der Waals surface area contributed by atoms with Crippen LogP contribution in [-0.4, -0.2) is 52.7 Å². The molecule has 1 fully saturated rings. The van der Waals surface area contributed by atoms with Gasteiger partial charge in [-0.1, -0.05) is 12.1 Å². The zero-order chi connectivity index (χ0) is 19.7. The Morgan fingerprint density at radius 1 is 1.18 bits per heavy atom. The lowest BCUT2D eigenvalue weighted by Crippen LogP contribution is -2.37. The smallest absolute Gasteiger partial charge is 0.219 e. The van der Waals surface area contributed by atoms with E-state index in [2.05, 4.69) is 0 Å². The molecule has 0 N–H and O–H groups in total. The Hall–Kier alpha value is -3.09. The van der Waals surface area contributed by atoms with Crippen molar-refractivity contribution in [2.75, 3.05) is 27.3 Å². The number of ether oxygens (including phenoxy) is 2. The molecule has 1 aromatic carbocycles. The van der Waals surface area contributed by atoms with Gasteiger partial charge < -0.3 is 14.4 Å². The minimum Gasteiger partial charge on any atom is -0.493 e. The van der Waals surface area contributed by atoms with Crippen LogP contribution in [0.4, 0.5) is 0 Å². The highest BCUT2D eigenvalue weighted by Gasteiger charge is 2.26.